The average molecular weight is 389 g/mol. The predicted octanol–water partition coefficient (Wildman–Crippen LogP) is 4.04. The molecule has 0 saturated carbocycles. The monoisotopic (exact) mass is 388 g/mol. The topological polar surface area (TPSA) is 81.9 Å². The summed E-state index contributed by atoms with van der Waals surface area (Å²) >= 11 is 5.80. The van der Waals surface area contributed by atoms with Gasteiger partial charge in [0.05, 0.1) is 4.92 Å². The van der Waals surface area contributed by atoms with Crippen LogP contribution in [0.4, 0.5) is 5.69 Å². The Kier molecular flexibility index (Phi) is 5.61. The number of hydrogen-bond donors (Lipinski definition) is 0. The number of hydrogen-bond acceptors (Lipinski definition) is 5. The van der Waals surface area contributed by atoms with Crippen LogP contribution in [-0.2, 0) is 11.3 Å². The highest BCUT2D eigenvalue weighted by atomic mass is 35.5. The van der Waals surface area contributed by atoms with E-state index in [0.29, 0.717) is 30.2 Å². The maximum atomic E-state index is 12.5. The number of nitro benzene ring substituents is 1. The van der Waals surface area contributed by atoms with Gasteiger partial charge in [-0.2, -0.15) is 0 Å². The molecule has 1 amide bonds. The summed E-state index contributed by atoms with van der Waals surface area (Å²) in [4.78, 5) is 24.5. The molecule has 1 aliphatic rings. The molecule has 0 radical (unpaired) electrons. The molecule has 1 aliphatic heterocycles. The van der Waals surface area contributed by atoms with E-state index in [4.69, 9.17) is 21.1 Å². The first-order valence-electron chi connectivity index (χ1n) is 8.27. The predicted molar refractivity (Wildman–Crippen MR) is 101 cm³/mol. The van der Waals surface area contributed by atoms with Crippen molar-refractivity contribution in [3.63, 3.8) is 0 Å². The summed E-state index contributed by atoms with van der Waals surface area (Å²) in [6.07, 6.45) is 2.93. The Balaban J connectivity index is 1.71. The molecular formula is C19H17ClN2O5. The molecule has 0 fully saturated rings. The van der Waals surface area contributed by atoms with Gasteiger partial charge in [0, 0.05) is 25.2 Å². The van der Waals surface area contributed by atoms with Crippen LogP contribution in [0.5, 0.6) is 11.5 Å². The molecule has 0 aromatic heterocycles. The zero-order valence-electron chi connectivity index (χ0n) is 14.6. The van der Waals surface area contributed by atoms with Crippen molar-refractivity contribution in [2.24, 2.45) is 0 Å². The fraction of sp³-hybridized carbons (Fsp3) is 0.211. The summed E-state index contributed by atoms with van der Waals surface area (Å²) in [7, 11) is 0. The average Bonchev–Trinajstić information content (AvgIpc) is 3.12. The highest BCUT2D eigenvalue weighted by Crippen LogP contribution is 2.32. The molecule has 8 heteroatoms. The zero-order valence-corrected chi connectivity index (χ0v) is 15.3. The second kappa shape index (κ2) is 8.09. The number of carbonyl (C=O) groups excluding carboxylic acids is 1. The van der Waals surface area contributed by atoms with E-state index in [1.54, 1.807) is 11.0 Å². The van der Waals surface area contributed by atoms with E-state index < -0.39 is 4.92 Å². The van der Waals surface area contributed by atoms with E-state index in [1.807, 2.05) is 25.1 Å². The van der Waals surface area contributed by atoms with E-state index in [1.165, 1.54) is 24.3 Å². The molecule has 7 nitrogen and oxygen atoms in total. The summed E-state index contributed by atoms with van der Waals surface area (Å²) in [6, 6.07) is 9.94. The Labute approximate surface area is 160 Å². The molecule has 27 heavy (non-hydrogen) atoms. The number of nitrogens with zero attached hydrogens (tertiary/aromatic N) is 2. The fourth-order valence-electron chi connectivity index (χ4n) is 2.65. The Morgan fingerprint density at radius 2 is 2.04 bits per heavy atom. The molecule has 0 saturated heterocycles. The van der Waals surface area contributed by atoms with Gasteiger partial charge in [-0.1, -0.05) is 23.7 Å². The normalized spacial score (nSPS) is 12.4. The number of amides is 1. The lowest BCUT2D eigenvalue weighted by Crippen LogP contribution is -2.28. The first-order valence-corrected chi connectivity index (χ1v) is 8.65. The van der Waals surface area contributed by atoms with Crippen molar-refractivity contribution in [2.45, 2.75) is 13.5 Å². The molecule has 0 aliphatic carbocycles. The smallest absolute Gasteiger partial charge is 0.288 e. The van der Waals surface area contributed by atoms with Crippen molar-refractivity contribution >= 4 is 29.3 Å². The molecule has 1 heterocycles. The number of halogens is 1. The van der Waals surface area contributed by atoms with Gasteiger partial charge in [-0.25, -0.2) is 0 Å². The van der Waals surface area contributed by atoms with Crippen LogP contribution in [-0.4, -0.2) is 29.1 Å². The maximum Gasteiger partial charge on any atom is 0.288 e. The third kappa shape index (κ3) is 4.38. The van der Waals surface area contributed by atoms with Crippen LogP contribution in [0.1, 0.15) is 18.1 Å². The number of rotatable bonds is 6. The summed E-state index contributed by atoms with van der Waals surface area (Å²) in [6.45, 7) is 3.01. The molecule has 2 aromatic carbocycles. The summed E-state index contributed by atoms with van der Waals surface area (Å²) < 4.78 is 10.6. The van der Waals surface area contributed by atoms with Crippen LogP contribution in [0, 0.1) is 10.1 Å². The molecular weight excluding hydrogens is 372 g/mol. The molecule has 0 bridgehead atoms. The highest BCUT2D eigenvalue weighted by Gasteiger charge is 2.16. The summed E-state index contributed by atoms with van der Waals surface area (Å²) in [5.41, 5.74) is 1.25. The van der Waals surface area contributed by atoms with Crippen molar-refractivity contribution in [3.05, 3.63) is 68.7 Å². The van der Waals surface area contributed by atoms with E-state index in [2.05, 4.69) is 0 Å². The van der Waals surface area contributed by atoms with Gasteiger partial charge in [0.15, 0.2) is 11.5 Å². The third-order valence-electron chi connectivity index (χ3n) is 4.09. The Bertz CT molecular complexity index is 913. The number of nitro groups is 1. The van der Waals surface area contributed by atoms with Gasteiger partial charge in [0.2, 0.25) is 12.7 Å². The number of likely N-dealkylation sites (N-methyl/N-ethyl adjacent to an activating group) is 1. The lowest BCUT2D eigenvalue weighted by Gasteiger charge is -2.19. The van der Waals surface area contributed by atoms with Crippen LogP contribution in [0.2, 0.25) is 5.02 Å². The molecule has 0 N–H and O–H groups in total. The quantitative estimate of drug-likeness (QED) is 0.423. The van der Waals surface area contributed by atoms with E-state index >= 15 is 0 Å². The largest absolute Gasteiger partial charge is 0.454 e. The summed E-state index contributed by atoms with van der Waals surface area (Å²) in [5.74, 6) is 1.16. The number of benzene rings is 2. The van der Waals surface area contributed by atoms with Crippen LogP contribution in [0.15, 0.2) is 42.5 Å². The van der Waals surface area contributed by atoms with Gasteiger partial charge in [-0.3, -0.25) is 14.9 Å². The van der Waals surface area contributed by atoms with Gasteiger partial charge in [-0.05, 0) is 42.3 Å². The number of fused-ring (bicyclic) bond motifs is 1. The van der Waals surface area contributed by atoms with Crippen molar-refractivity contribution in [2.75, 3.05) is 13.3 Å². The van der Waals surface area contributed by atoms with Gasteiger partial charge in [0.25, 0.3) is 5.69 Å². The second-order valence-electron chi connectivity index (χ2n) is 5.84. The van der Waals surface area contributed by atoms with Crippen molar-refractivity contribution < 1.29 is 19.2 Å². The molecule has 0 unspecified atom stereocenters. The van der Waals surface area contributed by atoms with Crippen LogP contribution in [0.3, 0.4) is 0 Å². The lowest BCUT2D eigenvalue weighted by atomic mass is 10.1. The van der Waals surface area contributed by atoms with E-state index in [9.17, 15) is 14.9 Å². The van der Waals surface area contributed by atoms with E-state index in [-0.39, 0.29) is 23.4 Å². The second-order valence-corrected chi connectivity index (χ2v) is 6.25. The number of ether oxygens (including phenoxy) is 2. The van der Waals surface area contributed by atoms with Crippen LogP contribution >= 0.6 is 11.6 Å². The third-order valence-corrected chi connectivity index (χ3v) is 4.41. The molecule has 0 spiro atoms. The minimum absolute atomic E-state index is 0.0569. The first-order chi connectivity index (χ1) is 13.0. The Hall–Kier alpha value is -3.06. The SMILES string of the molecule is CCN(Cc1ccc2c(c1)OCO2)C(=O)/C=C\c1ccc(Cl)c([N+](=O)[O-])c1. The van der Waals surface area contributed by atoms with Crippen molar-refractivity contribution in [1.82, 2.24) is 4.90 Å². The summed E-state index contributed by atoms with van der Waals surface area (Å²) in [5, 5.41) is 11.0. The zero-order chi connectivity index (χ0) is 19.4. The number of carbonyl (C=O) groups is 1. The lowest BCUT2D eigenvalue weighted by molar-refractivity contribution is -0.384. The van der Waals surface area contributed by atoms with Gasteiger partial charge >= 0.3 is 0 Å². The van der Waals surface area contributed by atoms with Gasteiger partial charge in [-0.15, -0.1) is 0 Å². The van der Waals surface area contributed by atoms with Crippen molar-refractivity contribution in [1.29, 1.82) is 0 Å². The minimum atomic E-state index is -0.556. The first kappa shape index (κ1) is 18.7. The standard InChI is InChI=1S/C19H17ClN2O5/c1-2-21(11-14-4-7-17-18(10-14)27-12-26-17)19(23)8-5-13-3-6-15(20)16(9-13)22(24)25/h3-10H,2,11-12H2,1H3/b8-5-. The molecule has 2 aromatic rings. The van der Waals surface area contributed by atoms with Crippen molar-refractivity contribution in [3.8, 4) is 11.5 Å². The van der Waals surface area contributed by atoms with Crippen LogP contribution in [0.25, 0.3) is 6.08 Å². The van der Waals surface area contributed by atoms with Crippen LogP contribution < -0.4 is 9.47 Å². The molecule has 0 atom stereocenters. The molecule has 140 valence electrons. The maximum absolute atomic E-state index is 12.5. The van der Waals surface area contributed by atoms with E-state index in [0.717, 1.165) is 5.56 Å². The van der Waals surface area contributed by atoms with Gasteiger partial charge < -0.3 is 14.4 Å². The minimum Gasteiger partial charge on any atom is -0.454 e. The Morgan fingerprint density at radius 3 is 2.78 bits per heavy atom. The molecule has 3 rings (SSSR count). The highest BCUT2D eigenvalue weighted by molar-refractivity contribution is 6.32. The van der Waals surface area contributed by atoms with Gasteiger partial charge in [0.1, 0.15) is 5.02 Å². The fourth-order valence-corrected chi connectivity index (χ4v) is 2.84. The Morgan fingerprint density at radius 1 is 1.26 bits per heavy atom.